The molecule has 0 unspecified atom stereocenters. The highest BCUT2D eigenvalue weighted by Gasteiger charge is 2.20. The SMILES string of the molecule is Nc1scc2c(C(=O)NCc3ccc(I)cc3)nn(-c3ccc(Cl)cc3)c(=O)c12. The molecule has 0 bridgehead atoms. The Bertz CT molecular complexity index is 1270. The molecule has 0 atom stereocenters. The number of halogens is 2. The van der Waals surface area contributed by atoms with Gasteiger partial charge in [0, 0.05) is 25.9 Å². The quantitative estimate of drug-likeness (QED) is 0.382. The van der Waals surface area contributed by atoms with Crippen LogP contribution in [-0.4, -0.2) is 15.7 Å². The van der Waals surface area contributed by atoms with Crippen LogP contribution in [0.3, 0.4) is 0 Å². The maximum atomic E-state index is 12.9. The first-order valence-electron chi connectivity index (χ1n) is 8.52. The first kappa shape index (κ1) is 19.9. The third-order valence-electron chi connectivity index (χ3n) is 4.33. The van der Waals surface area contributed by atoms with Crippen LogP contribution >= 0.6 is 45.5 Å². The number of nitrogen functional groups attached to an aromatic ring is 1. The first-order valence-corrected chi connectivity index (χ1v) is 10.9. The fraction of sp³-hybridized carbons (Fsp3) is 0.0500. The summed E-state index contributed by atoms with van der Waals surface area (Å²) < 4.78 is 2.30. The van der Waals surface area contributed by atoms with Crippen molar-refractivity contribution in [3.8, 4) is 5.69 Å². The second-order valence-electron chi connectivity index (χ2n) is 6.24. The van der Waals surface area contributed by atoms with E-state index in [2.05, 4.69) is 33.0 Å². The molecule has 0 spiro atoms. The van der Waals surface area contributed by atoms with Gasteiger partial charge in [-0.1, -0.05) is 23.7 Å². The van der Waals surface area contributed by atoms with E-state index in [0.717, 1.165) is 9.13 Å². The number of hydrogen-bond donors (Lipinski definition) is 2. The summed E-state index contributed by atoms with van der Waals surface area (Å²) in [6.07, 6.45) is 0. The van der Waals surface area contributed by atoms with Gasteiger partial charge in [0.25, 0.3) is 11.5 Å². The molecule has 1 amide bonds. The second-order valence-corrected chi connectivity index (χ2v) is 8.83. The monoisotopic (exact) mass is 536 g/mol. The summed E-state index contributed by atoms with van der Waals surface area (Å²) in [7, 11) is 0. The van der Waals surface area contributed by atoms with E-state index in [9.17, 15) is 9.59 Å². The summed E-state index contributed by atoms with van der Waals surface area (Å²) in [5.74, 6) is -0.380. The van der Waals surface area contributed by atoms with Crippen molar-refractivity contribution in [2.75, 3.05) is 5.73 Å². The molecule has 2 aromatic carbocycles. The summed E-state index contributed by atoms with van der Waals surface area (Å²) in [5.41, 5.74) is 7.25. The molecule has 4 rings (SSSR count). The molecule has 0 aliphatic rings. The molecule has 0 saturated carbocycles. The Morgan fingerprint density at radius 3 is 2.55 bits per heavy atom. The largest absolute Gasteiger partial charge is 0.390 e. The molecule has 0 aliphatic carbocycles. The van der Waals surface area contributed by atoms with Crippen LogP contribution in [0.25, 0.3) is 16.5 Å². The maximum absolute atomic E-state index is 12.9. The number of benzene rings is 2. The molecule has 4 aromatic rings. The molecule has 29 heavy (non-hydrogen) atoms. The summed E-state index contributed by atoms with van der Waals surface area (Å²) >= 11 is 9.38. The topological polar surface area (TPSA) is 90.0 Å². The van der Waals surface area contributed by atoms with Crippen LogP contribution < -0.4 is 16.6 Å². The van der Waals surface area contributed by atoms with Crippen molar-refractivity contribution < 1.29 is 4.79 Å². The van der Waals surface area contributed by atoms with Crippen molar-refractivity contribution in [1.82, 2.24) is 15.1 Å². The van der Waals surface area contributed by atoms with E-state index < -0.39 is 0 Å². The lowest BCUT2D eigenvalue weighted by atomic mass is 10.2. The van der Waals surface area contributed by atoms with Crippen LogP contribution in [0.5, 0.6) is 0 Å². The van der Waals surface area contributed by atoms with E-state index in [1.165, 1.54) is 16.0 Å². The molecule has 2 aromatic heterocycles. The molecule has 9 heteroatoms. The summed E-state index contributed by atoms with van der Waals surface area (Å²) in [6.45, 7) is 0.346. The number of aromatic nitrogens is 2. The normalized spacial score (nSPS) is 11.0. The third-order valence-corrected chi connectivity index (χ3v) is 6.12. The zero-order valence-electron chi connectivity index (χ0n) is 14.9. The minimum atomic E-state index is -0.380. The van der Waals surface area contributed by atoms with Crippen LogP contribution in [0.1, 0.15) is 16.1 Å². The highest BCUT2D eigenvalue weighted by Crippen LogP contribution is 2.27. The van der Waals surface area contributed by atoms with Gasteiger partial charge in [0.15, 0.2) is 5.69 Å². The second kappa shape index (κ2) is 8.13. The highest BCUT2D eigenvalue weighted by molar-refractivity contribution is 14.1. The lowest BCUT2D eigenvalue weighted by Crippen LogP contribution is -2.29. The van der Waals surface area contributed by atoms with E-state index in [1.54, 1.807) is 29.6 Å². The van der Waals surface area contributed by atoms with E-state index in [0.29, 0.717) is 33.0 Å². The average Bonchev–Trinajstić information content (AvgIpc) is 3.11. The van der Waals surface area contributed by atoms with Gasteiger partial charge in [0.2, 0.25) is 0 Å². The van der Waals surface area contributed by atoms with Gasteiger partial charge in [0.1, 0.15) is 0 Å². The first-order chi connectivity index (χ1) is 13.9. The predicted molar refractivity (Wildman–Crippen MR) is 125 cm³/mol. The molecule has 0 fully saturated rings. The van der Waals surface area contributed by atoms with Gasteiger partial charge in [-0.3, -0.25) is 9.59 Å². The molecular weight excluding hydrogens is 523 g/mol. The summed E-state index contributed by atoms with van der Waals surface area (Å²) in [4.78, 5) is 25.9. The molecule has 3 N–H and O–H groups in total. The predicted octanol–water partition coefficient (Wildman–Crippen LogP) is 4.22. The van der Waals surface area contributed by atoms with E-state index >= 15 is 0 Å². The number of thiophene rings is 1. The standard InChI is InChI=1S/C20H14ClIN4O2S/c21-12-3-7-14(8-4-12)26-20(28)16-15(10-29-18(16)23)17(25-26)19(27)24-9-11-1-5-13(22)6-2-11/h1-8,10H,9,23H2,(H,24,27). The number of rotatable bonds is 4. The Morgan fingerprint density at radius 1 is 1.17 bits per heavy atom. The van der Waals surface area contributed by atoms with Gasteiger partial charge in [-0.05, 0) is 64.6 Å². The third kappa shape index (κ3) is 4.00. The lowest BCUT2D eigenvalue weighted by molar-refractivity contribution is 0.0946. The molecule has 0 aliphatic heterocycles. The summed E-state index contributed by atoms with van der Waals surface area (Å²) in [6, 6.07) is 14.5. The zero-order chi connectivity index (χ0) is 20.5. The smallest absolute Gasteiger partial charge is 0.282 e. The number of nitrogens with one attached hydrogen (secondary N) is 1. The van der Waals surface area contributed by atoms with Gasteiger partial charge in [-0.15, -0.1) is 11.3 Å². The Balaban J connectivity index is 1.75. The number of nitrogens with two attached hydrogens (primary N) is 1. The Hall–Kier alpha value is -2.43. The molecule has 0 radical (unpaired) electrons. The lowest BCUT2D eigenvalue weighted by Gasteiger charge is -2.10. The number of anilines is 1. The van der Waals surface area contributed by atoms with Gasteiger partial charge >= 0.3 is 0 Å². The van der Waals surface area contributed by atoms with Crippen molar-refractivity contribution in [3.63, 3.8) is 0 Å². The van der Waals surface area contributed by atoms with Gasteiger partial charge in [-0.2, -0.15) is 9.78 Å². The average molecular weight is 537 g/mol. The van der Waals surface area contributed by atoms with E-state index in [1.807, 2.05) is 24.3 Å². The Kier molecular flexibility index (Phi) is 5.57. The fourth-order valence-corrected chi connectivity index (χ4v) is 4.14. The van der Waals surface area contributed by atoms with Crippen molar-refractivity contribution >= 4 is 67.2 Å². The van der Waals surface area contributed by atoms with E-state index in [4.69, 9.17) is 17.3 Å². The Labute approximate surface area is 188 Å². The fourth-order valence-electron chi connectivity index (χ4n) is 2.87. The van der Waals surface area contributed by atoms with Crippen LogP contribution in [0.4, 0.5) is 5.00 Å². The minimum Gasteiger partial charge on any atom is -0.390 e. The number of nitrogens with zero attached hydrogens (tertiary/aromatic N) is 2. The molecular formula is C20H14ClIN4O2S. The van der Waals surface area contributed by atoms with Gasteiger partial charge in [-0.25, -0.2) is 0 Å². The van der Waals surface area contributed by atoms with Crippen molar-refractivity contribution in [2.45, 2.75) is 6.54 Å². The Morgan fingerprint density at radius 2 is 1.86 bits per heavy atom. The zero-order valence-corrected chi connectivity index (χ0v) is 18.6. The molecule has 6 nitrogen and oxygen atoms in total. The number of fused-ring (bicyclic) bond motifs is 1. The number of amides is 1. The maximum Gasteiger partial charge on any atom is 0.282 e. The number of carbonyl (C=O) groups excluding carboxylic acids is 1. The van der Waals surface area contributed by atoms with Crippen molar-refractivity contribution in [2.24, 2.45) is 0 Å². The van der Waals surface area contributed by atoms with Gasteiger partial charge < -0.3 is 11.1 Å². The molecule has 146 valence electrons. The van der Waals surface area contributed by atoms with Crippen LogP contribution in [0.2, 0.25) is 5.02 Å². The van der Waals surface area contributed by atoms with Crippen molar-refractivity contribution in [1.29, 1.82) is 0 Å². The summed E-state index contributed by atoms with van der Waals surface area (Å²) in [5, 5.41) is 10.5. The number of hydrogen-bond acceptors (Lipinski definition) is 5. The van der Waals surface area contributed by atoms with E-state index in [-0.39, 0.29) is 17.2 Å². The van der Waals surface area contributed by atoms with Gasteiger partial charge in [0.05, 0.1) is 16.1 Å². The van der Waals surface area contributed by atoms with Crippen molar-refractivity contribution in [3.05, 3.63) is 84.1 Å². The van der Waals surface area contributed by atoms with Crippen LogP contribution in [0, 0.1) is 3.57 Å². The highest BCUT2D eigenvalue weighted by atomic mass is 127. The van der Waals surface area contributed by atoms with Crippen LogP contribution in [-0.2, 0) is 6.54 Å². The number of carbonyl (C=O) groups is 1. The molecule has 0 saturated heterocycles. The minimum absolute atomic E-state index is 0.146. The molecule has 2 heterocycles. The van der Waals surface area contributed by atoms with Crippen LogP contribution in [0.15, 0.2) is 58.7 Å².